The molecule has 0 unspecified atom stereocenters. The number of esters is 1. The highest BCUT2D eigenvalue weighted by Crippen LogP contribution is 2.24. The largest absolute Gasteiger partial charge is 0.459 e. The van der Waals surface area contributed by atoms with Crippen LogP contribution in [0.1, 0.15) is 50.7 Å². The van der Waals surface area contributed by atoms with Gasteiger partial charge in [-0.15, -0.1) is 0 Å². The molecule has 0 aliphatic heterocycles. The summed E-state index contributed by atoms with van der Waals surface area (Å²) in [7, 11) is 0. The van der Waals surface area contributed by atoms with E-state index in [0.29, 0.717) is 25.2 Å². The van der Waals surface area contributed by atoms with E-state index in [2.05, 4.69) is 13.8 Å². The molecular formula is C18H26O3. The lowest BCUT2D eigenvalue weighted by atomic mass is 9.88. The van der Waals surface area contributed by atoms with E-state index in [1.165, 1.54) is 5.56 Å². The maximum atomic E-state index is 12.0. The summed E-state index contributed by atoms with van der Waals surface area (Å²) in [5.74, 6) is 0.174. The third-order valence-electron chi connectivity index (χ3n) is 4.25. The predicted octanol–water partition coefficient (Wildman–Crippen LogP) is 3.27. The van der Waals surface area contributed by atoms with Gasteiger partial charge >= 0.3 is 5.97 Å². The fraction of sp³-hybridized carbons (Fsp3) is 0.611. The second-order valence-electron chi connectivity index (χ2n) is 6.22. The summed E-state index contributed by atoms with van der Waals surface area (Å²) in [5.41, 5.74) is 2.34. The van der Waals surface area contributed by atoms with E-state index < -0.39 is 12.2 Å². The van der Waals surface area contributed by atoms with Crippen LogP contribution in [0, 0.1) is 5.92 Å². The Bertz CT molecular complexity index is 469. The van der Waals surface area contributed by atoms with E-state index >= 15 is 0 Å². The van der Waals surface area contributed by atoms with Crippen LogP contribution in [0.5, 0.6) is 0 Å². The summed E-state index contributed by atoms with van der Waals surface area (Å²) < 4.78 is 5.52. The van der Waals surface area contributed by atoms with Crippen molar-refractivity contribution in [2.24, 2.45) is 5.92 Å². The van der Waals surface area contributed by atoms with Crippen molar-refractivity contribution in [3.8, 4) is 0 Å². The maximum absolute atomic E-state index is 12.0. The van der Waals surface area contributed by atoms with Gasteiger partial charge in [0.1, 0.15) is 6.10 Å². The Balaban J connectivity index is 1.87. The fourth-order valence-corrected chi connectivity index (χ4v) is 2.94. The zero-order chi connectivity index (χ0) is 15.2. The standard InChI is InChI=1S/C18H26O3/c1-3-4-7-13(2)10-18(20)21-17-12-15-9-6-5-8-14(15)11-16(17)19/h5-6,8-9,13,16-17,19H,3-4,7,10-12H2,1-2H3/t13-,16+,17+/m0/s1. The molecule has 0 radical (unpaired) electrons. The number of aliphatic hydroxyl groups is 1. The Morgan fingerprint density at radius 1 is 1.33 bits per heavy atom. The van der Waals surface area contributed by atoms with Gasteiger partial charge in [-0.1, -0.05) is 57.4 Å². The molecule has 0 aromatic heterocycles. The van der Waals surface area contributed by atoms with Gasteiger partial charge in [-0.3, -0.25) is 4.79 Å². The first-order valence-electron chi connectivity index (χ1n) is 8.04. The number of carbonyl (C=O) groups excluding carboxylic acids is 1. The van der Waals surface area contributed by atoms with Gasteiger partial charge in [0.25, 0.3) is 0 Å². The highest BCUT2D eigenvalue weighted by Gasteiger charge is 2.29. The summed E-state index contributed by atoms with van der Waals surface area (Å²) in [6, 6.07) is 8.05. The molecule has 1 aliphatic carbocycles. The predicted molar refractivity (Wildman–Crippen MR) is 83.0 cm³/mol. The van der Waals surface area contributed by atoms with Crippen LogP contribution < -0.4 is 0 Å². The minimum atomic E-state index is -0.588. The van der Waals surface area contributed by atoms with Crippen molar-refractivity contribution in [1.29, 1.82) is 0 Å². The number of rotatable bonds is 6. The summed E-state index contributed by atoms with van der Waals surface area (Å²) in [6.45, 7) is 4.24. The van der Waals surface area contributed by atoms with Crippen molar-refractivity contribution >= 4 is 5.97 Å². The lowest BCUT2D eigenvalue weighted by Crippen LogP contribution is -2.38. The molecule has 2 rings (SSSR count). The fourth-order valence-electron chi connectivity index (χ4n) is 2.94. The third kappa shape index (κ3) is 4.57. The van der Waals surface area contributed by atoms with Gasteiger partial charge in [0.2, 0.25) is 0 Å². The molecule has 0 saturated heterocycles. The summed E-state index contributed by atoms with van der Waals surface area (Å²) in [4.78, 5) is 12.0. The number of hydrogen-bond acceptors (Lipinski definition) is 3. The number of benzene rings is 1. The molecule has 0 heterocycles. The molecule has 0 spiro atoms. The van der Waals surface area contributed by atoms with Gasteiger partial charge in [0.15, 0.2) is 0 Å². The van der Waals surface area contributed by atoms with Crippen molar-refractivity contribution in [2.75, 3.05) is 0 Å². The number of ether oxygens (including phenoxy) is 1. The van der Waals surface area contributed by atoms with E-state index in [-0.39, 0.29) is 5.97 Å². The second-order valence-corrected chi connectivity index (χ2v) is 6.22. The molecule has 21 heavy (non-hydrogen) atoms. The van der Waals surface area contributed by atoms with Crippen LogP contribution >= 0.6 is 0 Å². The van der Waals surface area contributed by atoms with E-state index in [4.69, 9.17) is 4.74 Å². The summed E-state index contributed by atoms with van der Waals surface area (Å²) in [6.07, 6.45) is 4.00. The van der Waals surface area contributed by atoms with Crippen LogP contribution in [0.25, 0.3) is 0 Å². The molecule has 0 bridgehead atoms. The van der Waals surface area contributed by atoms with Crippen LogP contribution in [-0.2, 0) is 22.4 Å². The summed E-state index contributed by atoms with van der Waals surface area (Å²) in [5, 5.41) is 10.2. The third-order valence-corrected chi connectivity index (χ3v) is 4.25. The van der Waals surface area contributed by atoms with E-state index in [9.17, 15) is 9.90 Å². The van der Waals surface area contributed by atoms with Gasteiger partial charge < -0.3 is 9.84 Å². The number of unbranched alkanes of at least 4 members (excludes halogenated alkanes) is 1. The van der Waals surface area contributed by atoms with Crippen LogP contribution in [0.2, 0.25) is 0 Å². The van der Waals surface area contributed by atoms with E-state index in [1.54, 1.807) is 0 Å². The highest BCUT2D eigenvalue weighted by molar-refractivity contribution is 5.70. The first kappa shape index (κ1) is 16.0. The van der Waals surface area contributed by atoms with Crippen molar-refractivity contribution in [2.45, 2.75) is 64.6 Å². The quantitative estimate of drug-likeness (QED) is 0.818. The van der Waals surface area contributed by atoms with E-state index in [1.807, 2.05) is 24.3 Å². The van der Waals surface area contributed by atoms with Crippen LogP contribution in [0.3, 0.4) is 0 Å². The smallest absolute Gasteiger partial charge is 0.306 e. The molecule has 3 heteroatoms. The number of aliphatic hydroxyl groups excluding tert-OH is 1. The SMILES string of the molecule is CCCC[C@H](C)CC(=O)O[C@@H]1Cc2ccccc2C[C@H]1O. The van der Waals surface area contributed by atoms with Gasteiger partial charge in [-0.05, 0) is 17.0 Å². The molecule has 0 saturated carbocycles. The first-order chi connectivity index (χ1) is 10.1. The van der Waals surface area contributed by atoms with Crippen molar-refractivity contribution in [3.63, 3.8) is 0 Å². The van der Waals surface area contributed by atoms with Crippen molar-refractivity contribution in [3.05, 3.63) is 35.4 Å². The van der Waals surface area contributed by atoms with Crippen LogP contribution in [-0.4, -0.2) is 23.3 Å². The molecule has 3 atom stereocenters. The monoisotopic (exact) mass is 290 g/mol. The van der Waals surface area contributed by atoms with E-state index in [0.717, 1.165) is 24.8 Å². The Morgan fingerprint density at radius 2 is 2.00 bits per heavy atom. The number of carbonyl (C=O) groups is 1. The minimum Gasteiger partial charge on any atom is -0.459 e. The molecule has 0 amide bonds. The van der Waals surface area contributed by atoms with Gasteiger partial charge in [-0.2, -0.15) is 0 Å². The average molecular weight is 290 g/mol. The first-order valence-corrected chi connectivity index (χ1v) is 8.04. The minimum absolute atomic E-state index is 0.179. The van der Waals surface area contributed by atoms with Crippen molar-refractivity contribution in [1.82, 2.24) is 0 Å². The molecular weight excluding hydrogens is 264 g/mol. The van der Waals surface area contributed by atoms with Crippen LogP contribution in [0.4, 0.5) is 0 Å². The Kier molecular flexibility index (Phi) is 5.80. The second kappa shape index (κ2) is 7.60. The van der Waals surface area contributed by atoms with Gasteiger partial charge in [0, 0.05) is 19.3 Å². The normalized spacial score (nSPS) is 22.4. The zero-order valence-electron chi connectivity index (χ0n) is 13.0. The van der Waals surface area contributed by atoms with Gasteiger partial charge in [-0.25, -0.2) is 0 Å². The summed E-state index contributed by atoms with van der Waals surface area (Å²) >= 11 is 0. The Hall–Kier alpha value is -1.35. The van der Waals surface area contributed by atoms with Crippen LogP contribution in [0.15, 0.2) is 24.3 Å². The lowest BCUT2D eigenvalue weighted by molar-refractivity contribution is -0.156. The molecule has 0 fully saturated rings. The van der Waals surface area contributed by atoms with Crippen molar-refractivity contribution < 1.29 is 14.6 Å². The number of fused-ring (bicyclic) bond motifs is 1. The maximum Gasteiger partial charge on any atom is 0.306 e. The molecule has 1 aromatic rings. The zero-order valence-corrected chi connectivity index (χ0v) is 13.0. The Labute approximate surface area is 127 Å². The Morgan fingerprint density at radius 3 is 2.67 bits per heavy atom. The molecule has 1 N–H and O–H groups in total. The van der Waals surface area contributed by atoms with Gasteiger partial charge in [0.05, 0.1) is 6.10 Å². The molecule has 3 nitrogen and oxygen atoms in total. The molecule has 116 valence electrons. The topological polar surface area (TPSA) is 46.5 Å². The molecule has 1 aliphatic rings. The number of hydrogen-bond donors (Lipinski definition) is 1. The molecule has 1 aromatic carbocycles. The highest BCUT2D eigenvalue weighted by atomic mass is 16.6. The lowest BCUT2D eigenvalue weighted by Gasteiger charge is -2.29. The average Bonchev–Trinajstić information content (AvgIpc) is 2.45.